The second-order valence-corrected chi connectivity index (χ2v) is 14.7. The van der Waals surface area contributed by atoms with Gasteiger partial charge in [-0.05, 0) is 26.8 Å². The van der Waals surface area contributed by atoms with Crippen LogP contribution in [0.15, 0.2) is 0 Å². The molecule has 1 aromatic rings. The van der Waals surface area contributed by atoms with Crippen molar-refractivity contribution < 1.29 is 24.2 Å². The van der Waals surface area contributed by atoms with Crippen molar-refractivity contribution in [1.29, 1.82) is 0 Å². The van der Waals surface area contributed by atoms with E-state index in [9.17, 15) is 14.7 Å². The highest BCUT2D eigenvalue weighted by molar-refractivity contribution is 6.76. The van der Waals surface area contributed by atoms with Crippen LogP contribution in [-0.4, -0.2) is 58.7 Å². The SMILES string of the molecule is CC(C)(C)OC(=O)N1CCc2nn(COCC[Si](C)(C)C)c(C(=O)O)c2C1. The lowest BCUT2D eigenvalue weighted by atomic mass is 10.1. The summed E-state index contributed by atoms with van der Waals surface area (Å²) in [5.41, 5.74) is 0.766. The van der Waals surface area contributed by atoms with Crippen LogP contribution in [0.3, 0.4) is 0 Å². The summed E-state index contributed by atoms with van der Waals surface area (Å²) < 4.78 is 12.5. The van der Waals surface area contributed by atoms with E-state index in [0.29, 0.717) is 30.8 Å². The summed E-state index contributed by atoms with van der Waals surface area (Å²) >= 11 is 0. The summed E-state index contributed by atoms with van der Waals surface area (Å²) in [4.78, 5) is 25.7. The van der Waals surface area contributed by atoms with Crippen LogP contribution in [0.5, 0.6) is 0 Å². The monoisotopic (exact) mass is 397 g/mol. The van der Waals surface area contributed by atoms with Crippen molar-refractivity contribution in [3.63, 3.8) is 0 Å². The second-order valence-electron chi connectivity index (χ2n) is 9.08. The van der Waals surface area contributed by atoms with Crippen LogP contribution in [0, 0.1) is 0 Å². The third kappa shape index (κ3) is 6.07. The van der Waals surface area contributed by atoms with Gasteiger partial charge in [-0.3, -0.25) is 0 Å². The van der Waals surface area contributed by atoms with Crippen LogP contribution >= 0.6 is 0 Å². The Kier molecular flexibility index (Phi) is 6.36. The van der Waals surface area contributed by atoms with Gasteiger partial charge in [0.05, 0.1) is 12.2 Å². The van der Waals surface area contributed by atoms with Gasteiger partial charge in [0, 0.05) is 33.2 Å². The predicted molar refractivity (Wildman–Crippen MR) is 104 cm³/mol. The maximum Gasteiger partial charge on any atom is 0.410 e. The molecule has 0 unspecified atom stereocenters. The Labute approximate surface area is 161 Å². The topological polar surface area (TPSA) is 93.9 Å². The molecule has 2 rings (SSSR count). The van der Waals surface area contributed by atoms with Crippen LogP contribution in [0.1, 0.15) is 42.5 Å². The molecule has 27 heavy (non-hydrogen) atoms. The van der Waals surface area contributed by atoms with Crippen LogP contribution in [0.2, 0.25) is 25.7 Å². The first-order valence-corrected chi connectivity index (χ1v) is 13.0. The summed E-state index contributed by atoms with van der Waals surface area (Å²) in [7, 11) is -1.21. The Bertz CT molecular complexity index is 703. The lowest BCUT2D eigenvalue weighted by Crippen LogP contribution is -2.40. The summed E-state index contributed by atoms with van der Waals surface area (Å²) in [6, 6.07) is 1.00. The van der Waals surface area contributed by atoms with Crippen LogP contribution < -0.4 is 0 Å². The number of carbonyl (C=O) groups is 2. The number of rotatable bonds is 6. The Morgan fingerprint density at radius 2 is 1.93 bits per heavy atom. The molecule has 0 spiro atoms. The number of nitrogens with zero attached hydrogens (tertiary/aromatic N) is 3. The van der Waals surface area contributed by atoms with Gasteiger partial charge in [-0.2, -0.15) is 5.10 Å². The minimum absolute atomic E-state index is 0.0891. The molecular formula is C18H31N3O5Si. The van der Waals surface area contributed by atoms with E-state index in [1.165, 1.54) is 9.58 Å². The smallest absolute Gasteiger partial charge is 0.410 e. The molecule has 1 aliphatic rings. The molecule has 0 aromatic carbocycles. The maximum absolute atomic E-state index is 12.3. The largest absolute Gasteiger partial charge is 0.477 e. The van der Waals surface area contributed by atoms with Gasteiger partial charge in [-0.1, -0.05) is 19.6 Å². The average Bonchev–Trinajstić information content (AvgIpc) is 2.86. The van der Waals surface area contributed by atoms with Crippen LogP contribution in [-0.2, 0) is 29.2 Å². The van der Waals surface area contributed by atoms with E-state index in [1.54, 1.807) is 20.8 Å². The first-order chi connectivity index (χ1) is 12.4. The summed E-state index contributed by atoms with van der Waals surface area (Å²) in [5.74, 6) is -1.07. The third-order valence-corrected chi connectivity index (χ3v) is 5.87. The molecule has 0 saturated heterocycles. The van der Waals surface area contributed by atoms with Crippen molar-refractivity contribution in [1.82, 2.24) is 14.7 Å². The molecule has 0 fully saturated rings. The number of hydrogen-bond acceptors (Lipinski definition) is 5. The predicted octanol–water partition coefficient (Wildman–Crippen LogP) is 3.19. The molecule has 0 bridgehead atoms. The van der Waals surface area contributed by atoms with Gasteiger partial charge in [0.1, 0.15) is 12.3 Å². The number of hydrogen-bond donors (Lipinski definition) is 1. The zero-order valence-corrected chi connectivity index (χ0v) is 18.2. The summed E-state index contributed by atoms with van der Waals surface area (Å²) in [5, 5.41) is 14.1. The molecule has 2 heterocycles. The molecule has 0 atom stereocenters. The zero-order valence-electron chi connectivity index (χ0n) is 17.2. The quantitative estimate of drug-likeness (QED) is 0.585. The molecule has 9 heteroatoms. The Balaban J connectivity index is 2.11. The number of carboxylic acid groups (broad SMARTS) is 1. The lowest BCUT2D eigenvalue weighted by molar-refractivity contribution is 0.0221. The van der Waals surface area contributed by atoms with E-state index in [4.69, 9.17) is 9.47 Å². The highest BCUT2D eigenvalue weighted by Crippen LogP contribution is 2.24. The van der Waals surface area contributed by atoms with E-state index >= 15 is 0 Å². The minimum atomic E-state index is -1.21. The fraction of sp³-hybridized carbons (Fsp3) is 0.722. The Morgan fingerprint density at radius 3 is 2.48 bits per heavy atom. The molecule has 8 nitrogen and oxygen atoms in total. The van der Waals surface area contributed by atoms with Gasteiger partial charge in [-0.15, -0.1) is 0 Å². The highest BCUT2D eigenvalue weighted by atomic mass is 28.3. The van der Waals surface area contributed by atoms with Crippen molar-refractivity contribution >= 4 is 20.1 Å². The standard InChI is InChI=1S/C18H31N3O5Si/c1-18(2,3)26-17(24)20-8-7-14-13(11-20)15(16(22)23)21(19-14)12-25-9-10-27(4,5)6/h7-12H2,1-6H3,(H,22,23). The van der Waals surface area contributed by atoms with E-state index in [0.717, 1.165) is 6.04 Å². The van der Waals surface area contributed by atoms with Gasteiger partial charge in [0.15, 0.2) is 5.69 Å². The fourth-order valence-corrected chi connectivity index (χ4v) is 3.53. The van der Waals surface area contributed by atoms with E-state index in [1.807, 2.05) is 0 Å². The number of aromatic nitrogens is 2. The first-order valence-electron chi connectivity index (χ1n) is 9.25. The van der Waals surface area contributed by atoms with Gasteiger partial charge in [0.25, 0.3) is 0 Å². The highest BCUT2D eigenvalue weighted by Gasteiger charge is 2.32. The lowest BCUT2D eigenvalue weighted by Gasteiger charge is -2.29. The van der Waals surface area contributed by atoms with Gasteiger partial charge < -0.3 is 19.5 Å². The van der Waals surface area contributed by atoms with Crippen molar-refractivity contribution in [2.75, 3.05) is 13.2 Å². The normalized spacial score (nSPS) is 14.8. The second kappa shape index (κ2) is 8.01. The fourth-order valence-electron chi connectivity index (χ4n) is 2.77. The molecule has 0 saturated carbocycles. The number of fused-ring (bicyclic) bond motifs is 1. The molecule has 1 N–H and O–H groups in total. The Morgan fingerprint density at radius 1 is 1.26 bits per heavy atom. The molecule has 1 amide bonds. The molecule has 1 aliphatic heterocycles. The molecule has 1 aromatic heterocycles. The average molecular weight is 398 g/mol. The van der Waals surface area contributed by atoms with Crippen LogP contribution in [0.25, 0.3) is 0 Å². The first kappa shape index (κ1) is 21.4. The van der Waals surface area contributed by atoms with Crippen molar-refractivity contribution in [3.8, 4) is 0 Å². The molecular weight excluding hydrogens is 366 g/mol. The van der Waals surface area contributed by atoms with E-state index in [-0.39, 0.29) is 19.0 Å². The van der Waals surface area contributed by atoms with E-state index in [2.05, 4.69) is 24.7 Å². The molecule has 0 radical (unpaired) electrons. The molecule has 0 aliphatic carbocycles. The van der Waals surface area contributed by atoms with Gasteiger partial charge in [-0.25, -0.2) is 14.3 Å². The third-order valence-electron chi connectivity index (χ3n) is 4.17. The number of amides is 1. The number of carbonyl (C=O) groups excluding carboxylic acids is 1. The van der Waals surface area contributed by atoms with Gasteiger partial charge >= 0.3 is 12.1 Å². The maximum atomic E-state index is 12.3. The Hall–Kier alpha value is -1.87. The number of carboxylic acids is 1. The number of ether oxygens (including phenoxy) is 2. The number of aromatic carboxylic acids is 1. The van der Waals surface area contributed by atoms with Crippen LogP contribution in [0.4, 0.5) is 4.79 Å². The van der Waals surface area contributed by atoms with Crippen molar-refractivity contribution in [2.24, 2.45) is 0 Å². The molecule has 152 valence electrons. The van der Waals surface area contributed by atoms with Gasteiger partial charge in [0.2, 0.25) is 0 Å². The van der Waals surface area contributed by atoms with E-state index < -0.39 is 25.7 Å². The van der Waals surface area contributed by atoms with Crippen molar-refractivity contribution in [2.45, 2.75) is 71.8 Å². The minimum Gasteiger partial charge on any atom is -0.477 e. The zero-order chi connectivity index (χ0) is 20.4. The van der Waals surface area contributed by atoms with Crippen molar-refractivity contribution in [3.05, 3.63) is 17.0 Å². The summed E-state index contributed by atoms with van der Waals surface area (Å²) in [6.45, 7) is 13.5. The summed E-state index contributed by atoms with van der Waals surface area (Å²) in [6.07, 6.45) is 0.0557.